The van der Waals surface area contributed by atoms with Gasteiger partial charge in [0, 0.05) is 23.8 Å². The topological polar surface area (TPSA) is 30.5 Å². The number of hydrogen-bond donors (Lipinski definition) is 1. The van der Waals surface area contributed by atoms with Gasteiger partial charge in [-0.15, -0.1) is 0 Å². The lowest BCUT2D eigenvalue weighted by molar-refractivity contribution is -0.159. The predicted molar refractivity (Wildman–Crippen MR) is 63.3 cm³/mol. The normalized spacial score (nSPS) is 29.4. The number of alkyl halides is 3. The Morgan fingerprint density at radius 1 is 1.37 bits per heavy atom. The van der Waals surface area contributed by atoms with Crippen LogP contribution in [0, 0.1) is 5.92 Å². The van der Waals surface area contributed by atoms with Gasteiger partial charge in [0.05, 0.1) is 13.2 Å². The molecule has 0 spiro atoms. The van der Waals surface area contributed by atoms with Crippen molar-refractivity contribution in [1.82, 2.24) is 0 Å². The zero-order valence-corrected chi connectivity index (χ0v) is 10.3. The highest BCUT2D eigenvalue weighted by Crippen LogP contribution is 2.49. The van der Waals surface area contributed by atoms with E-state index in [-0.39, 0.29) is 0 Å². The molecule has 0 amide bonds. The molecule has 0 aromatic heterocycles. The summed E-state index contributed by atoms with van der Waals surface area (Å²) >= 11 is 0. The molecule has 1 aromatic carbocycles. The largest absolute Gasteiger partial charge is 0.497 e. The average Bonchev–Trinajstić information content (AvgIpc) is 2.85. The first-order valence-electron chi connectivity index (χ1n) is 6.13. The molecule has 3 nitrogen and oxygen atoms in total. The van der Waals surface area contributed by atoms with Gasteiger partial charge in [-0.25, -0.2) is 0 Å². The zero-order valence-electron chi connectivity index (χ0n) is 10.3. The number of benzene rings is 1. The number of nitrogens with one attached hydrogen (secondary N) is 1. The highest BCUT2D eigenvalue weighted by molar-refractivity contribution is 5.59. The smallest absolute Gasteiger partial charge is 0.408 e. The molecule has 1 saturated heterocycles. The van der Waals surface area contributed by atoms with Crippen molar-refractivity contribution < 1.29 is 22.6 Å². The van der Waals surface area contributed by atoms with Gasteiger partial charge in [0.2, 0.25) is 0 Å². The van der Waals surface area contributed by atoms with Crippen molar-refractivity contribution in [2.24, 2.45) is 5.92 Å². The van der Waals surface area contributed by atoms with Gasteiger partial charge in [-0.1, -0.05) is 0 Å². The van der Waals surface area contributed by atoms with Gasteiger partial charge in [-0.3, -0.25) is 0 Å². The van der Waals surface area contributed by atoms with Gasteiger partial charge in [0.15, 0.2) is 0 Å². The predicted octanol–water partition coefficient (Wildman–Crippen LogP) is 3.13. The lowest BCUT2D eigenvalue weighted by atomic mass is 9.84. The first-order chi connectivity index (χ1) is 9.00. The Morgan fingerprint density at radius 2 is 2.16 bits per heavy atom. The molecule has 3 rings (SSSR count). The molecule has 104 valence electrons. The van der Waals surface area contributed by atoms with Crippen LogP contribution in [0.2, 0.25) is 0 Å². The Labute approximate surface area is 108 Å². The summed E-state index contributed by atoms with van der Waals surface area (Å²) in [5.74, 6) is 0.0554. The fourth-order valence-corrected chi connectivity index (χ4v) is 2.90. The number of methoxy groups -OCH3 is 1. The molecule has 2 aliphatic heterocycles. The number of hydrogen-bond acceptors (Lipinski definition) is 3. The summed E-state index contributed by atoms with van der Waals surface area (Å²) in [5, 5.41) is 2.60. The molecule has 19 heavy (non-hydrogen) atoms. The van der Waals surface area contributed by atoms with Crippen molar-refractivity contribution in [2.45, 2.75) is 24.7 Å². The van der Waals surface area contributed by atoms with Gasteiger partial charge in [0.25, 0.3) is 0 Å². The van der Waals surface area contributed by atoms with E-state index in [0.29, 0.717) is 24.5 Å². The van der Waals surface area contributed by atoms with Crippen LogP contribution in [0.5, 0.6) is 5.75 Å². The molecule has 2 heterocycles. The molecule has 3 atom stereocenters. The molecule has 0 bridgehead atoms. The number of fused-ring (bicyclic) bond motifs is 3. The molecule has 6 heteroatoms. The van der Waals surface area contributed by atoms with Crippen molar-refractivity contribution >= 4 is 5.69 Å². The zero-order chi connectivity index (χ0) is 13.6. The number of halogens is 3. The Hall–Kier alpha value is -1.43. The van der Waals surface area contributed by atoms with E-state index in [4.69, 9.17) is 9.47 Å². The van der Waals surface area contributed by atoms with Gasteiger partial charge in [0.1, 0.15) is 11.8 Å². The molecule has 0 radical (unpaired) electrons. The van der Waals surface area contributed by atoms with Crippen LogP contribution in [0.1, 0.15) is 18.1 Å². The van der Waals surface area contributed by atoms with Crippen LogP contribution in [0.25, 0.3) is 0 Å². The maximum Gasteiger partial charge on any atom is 0.408 e. The molecule has 0 saturated carbocycles. The third-order valence-electron chi connectivity index (χ3n) is 3.79. The Morgan fingerprint density at radius 3 is 2.84 bits per heavy atom. The van der Waals surface area contributed by atoms with Crippen LogP contribution in [0.15, 0.2) is 18.2 Å². The summed E-state index contributed by atoms with van der Waals surface area (Å²) in [5.41, 5.74) is 1.23. The van der Waals surface area contributed by atoms with Crippen molar-refractivity contribution in [2.75, 3.05) is 19.0 Å². The first-order valence-corrected chi connectivity index (χ1v) is 6.13. The summed E-state index contributed by atoms with van der Waals surface area (Å²) in [6.45, 7) is 0.361. The minimum Gasteiger partial charge on any atom is -0.497 e. The van der Waals surface area contributed by atoms with Gasteiger partial charge in [-0.2, -0.15) is 13.2 Å². The van der Waals surface area contributed by atoms with Crippen LogP contribution in [0.4, 0.5) is 18.9 Å². The standard InChI is InChI=1S/C13H14F3NO2/c1-18-7-2-3-10-9(6-7)11-8(4-5-19-11)12(17-10)13(14,15)16/h2-3,6,8,11-12,17H,4-5H2,1H3/t8?,11-,12?/m1/s1. The van der Waals surface area contributed by atoms with E-state index in [9.17, 15) is 13.2 Å². The Balaban J connectivity index is 2.03. The Bertz CT molecular complexity index is 489. The van der Waals surface area contributed by atoms with Crippen molar-refractivity contribution in [3.05, 3.63) is 23.8 Å². The van der Waals surface area contributed by atoms with E-state index in [1.54, 1.807) is 18.2 Å². The van der Waals surface area contributed by atoms with Gasteiger partial charge < -0.3 is 14.8 Å². The third kappa shape index (κ3) is 2.04. The quantitative estimate of drug-likeness (QED) is 0.852. The number of rotatable bonds is 1. The lowest BCUT2D eigenvalue weighted by Gasteiger charge is -2.37. The molecule has 2 unspecified atom stereocenters. The second-order valence-electron chi connectivity index (χ2n) is 4.86. The minimum absolute atomic E-state index is 0.361. The van der Waals surface area contributed by atoms with E-state index in [2.05, 4.69) is 5.32 Å². The second-order valence-corrected chi connectivity index (χ2v) is 4.86. The molecule has 1 fully saturated rings. The maximum absolute atomic E-state index is 13.1. The average molecular weight is 273 g/mol. The maximum atomic E-state index is 13.1. The number of anilines is 1. The fourth-order valence-electron chi connectivity index (χ4n) is 2.90. The van der Waals surface area contributed by atoms with Crippen LogP contribution in [-0.4, -0.2) is 25.9 Å². The summed E-state index contributed by atoms with van der Waals surface area (Å²) in [4.78, 5) is 0. The van der Waals surface area contributed by atoms with Crippen molar-refractivity contribution in [3.8, 4) is 5.75 Å². The minimum atomic E-state index is -4.27. The summed E-state index contributed by atoms with van der Waals surface area (Å²) in [6.07, 6.45) is -4.36. The van der Waals surface area contributed by atoms with E-state index < -0.39 is 24.2 Å². The summed E-state index contributed by atoms with van der Waals surface area (Å²) < 4.78 is 49.9. The number of ether oxygens (including phenoxy) is 2. The highest BCUT2D eigenvalue weighted by Gasteiger charge is 2.52. The van der Waals surface area contributed by atoms with Crippen LogP contribution in [-0.2, 0) is 4.74 Å². The highest BCUT2D eigenvalue weighted by atomic mass is 19.4. The molecule has 1 N–H and O–H groups in total. The van der Waals surface area contributed by atoms with Crippen molar-refractivity contribution in [1.29, 1.82) is 0 Å². The lowest BCUT2D eigenvalue weighted by Crippen LogP contribution is -2.46. The van der Waals surface area contributed by atoms with Crippen LogP contribution < -0.4 is 10.1 Å². The second kappa shape index (κ2) is 4.30. The SMILES string of the molecule is COc1ccc2c(c1)[C@@H]1OCCC1C(C(F)(F)F)N2. The molecule has 2 aliphatic rings. The van der Waals surface area contributed by atoms with Crippen LogP contribution >= 0.6 is 0 Å². The molecule has 0 aliphatic carbocycles. The molecule has 1 aromatic rings. The monoisotopic (exact) mass is 273 g/mol. The van der Waals surface area contributed by atoms with Gasteiger partial charge >= 0.3 is 6.18 Å². The third-order valence-corrected chi connectivity index (χ3v) is 3.79. The molecular formula is C13H14F3NO2. The Kier molecular flexibility index (Phi) is 2.85. The van der Waals surface area contributed by atoms with Crippen LogP contribution in [0.3, 0.4) is 0 Å². The van der Waals surface area contributed by atoms with E-state index >= 15 is 0 Å². The van der Waals surface area contributed by atoms with E-state index in [1.807, 2.05) is 0 Å². The summed E-state index contributed by atoms with van der Waals surface area (Å²) in [7, 11) is 1.53. The molecular weight excluding hydrogens is 259 g/mol. The summed E-state index contributed by atoms with van der Waals surface area (Å²) in [6, 6.07) is 3.47. The van der Waals surface area contributed by atoms with Gasteiger partial charge in [-0.05, 0) is 24.6 Å². The van der Waals surface area contributed by atoms with Crippen molar-refractivity contribution in [3.63, 3.8) is 0 Å². The van der Waals surface area contributed by atoms with E-state index in [0.717, 1.165) is 5.56 Å². The van der Waals surface area contributed by atoms with E-state index in [1.165, 1.54) is 7.11 Å². The first kappa shape index (κ1) is 12.6. The fraction of sp³-hybridized carbons (Fsp3) is 0.538.